The minimum Gasteiger partial charge on any atom is -0.369 e. The van der Waals surface area contributed by atoms with E-state index in [0.717, 1.165) is 54.4 Å². The Hall–Kier alpha value is -3.78. The van der Waals surface area contributed by atoms with Crippen molar-refractivity contribution >= 4 is 17.3 Å². The molecule has 0 saturated carbocycles. The van der Waals surface area contributed by atoms with Crippen LogP contribution in [-0.4, -0.2) is 63.3 Å². The Kier molecular flexibility index (Phi) is 5.28. The molecule has 3 aromatic heterocycles. The number of aromatic nitrogens is 5. The maximum Gasteiger partial charge on any atom is 0.227 e. The molecule has 1 saturated heterocycles. The number of rotatable bonds is 5. The van der Waals surface area contributed by atoms with Gasteiger partial charge in [-0.3, -0.25) is 10.1 Å². The molecule has 4 aromatic rings. The van der Waals surface area contributed by atoms with E-state index in [2.05, 4.69) is 66.6 Å². The molecule has 0 bridgehead atoms. The largest absolute Gasteiger partial charge is 0.369 e. The molecule has 2 N–H and O–H groups in total. The third-order valence-electron chi connectivity index (χ3n) is 5.51. The Labute approximate surface area is 181 Å². The van der Waals surface area contributed by atoms with Crippen LogP contribution >= 0.6 is 0 Å². The highest BCUT2D eigenvalue weighted by molar-refractivity contribution is 5.78. The molecule has 0 aliphatic carbocycles. The van der Waals surface area contributed by atoms with Crippen molar-refractivity contribution in [3.63, 3.8) is 0 Å². The van der Waals surface area contributed by atoms with Gasteiger partial charge in [-0.2, -0.15) is 5.10 Å². The molecule has 31 heavy (non-hydrogen) atoms. The molecule has 1 aromatic carbocycles. The second-order valence-electron chi connectivity index (χ2n) is 7.63. The number of hydrogen-bond acceptors (Lipinski definition) is 7. The summed E-state index contributed by atoms with van der Waals surface area (Å²) < 4.78 is 0. The first-order valence-electron chi connectivity index (χ1n) is 10.3. The number of anilines is 3. The van der Waals surface area contributed by atoms with E-state index in [1.165, 1.54) is 5.69 Å². The van der Waals surface area contributed by atoms with Gasteiger partial charge >= 0.3 is 0 Å². The molecule has 156 valence electrons. The number of aromatic amines is 1. The lowest BCUT2D eigenvalue weighted by Gasteiger charge is -2.34. The molecule has 0 spiro atoms. The zero-order valence-electron chi connectivity index (χ0n) is 17.4. The first kappa shape index (κ1) is 19.2. The van der Waals surface area contributed by atoms with Crippen LogP contribution < -0.4 is 10.2 Å². The first-order valence-corrected chi connectivity index (χ1v) is 10.3. The van der Waals surface area contributed by atoms with Gasteiger partial charge in [0.1, 0.15) is 0 Å². The topological polar surface area (TPSA) is 85.9 Å². The number of nitrogens with one attached hydrogen (secondary N) is 2. The highest BCUT2D eigenvalue weighted by Crippen LogP contribution is 2.29. The fraction of sp³-hybridized carbons (Fsp3) is 0.217. The van der Waals surface area contributed by atoms with Crippen LogP contribution in [0.1, 0.15) is 0 Å². The molecular formula is C23H24N8. The van der Waals surface area contributed by atoms with Crippen LogP contribution in [0, 0.1) is 0 Å². The molecule has 0 atom stereocenters. The van der Waals surface area contributed by atoms with Crippen molar-refractivity contribution in [3.8, 4) is 22.5 Å². The molecular weight excluding hydrogens is 388 g/mol. The minimum atomic E-state index is 0.545. The SMILES string of the molecule is CN1CCN(c2ccc(Nc3nccc(-c4cn[nH]c4-c4cccnc4)n3)cc2)CC1. The average molecular weight is 413 g/mol. The summed E-state index contributed by atoms with van der Waals surface area (Å²) in [6.45, 7) is 4.29. The number of likely N-dealkylation sites (N-methyl/N-ethyl adjacent to an activating group) is 1. The number of nitrogens with zero attached hydrogens (tertiary/aromatic N) is 6. The third kappa shape index (κ3) is 4.24. The van der Waals surface area contributed by atoms with Crippen molar-refractivity contribution < 1.29 is 0 Å². The van der Waals surface area contributed by atoms with E-state index in [1.54, 1.807) is 24.8 Å². The van der Waals surface area contributed by atoms with Crippen molar-refractivity contribution in [2.24, 2.45) is 0 Å². The molecule has 5 rings (SSSR count). The summed E-state index contributed by atoms with van der Waals surface area (Å²) in [5.41, 5.74) is 5.74. The van der Waals surface area contributed by atoms with Gasteiger partial charge in [-0.25, -0.2) is 9.97 Å². The molecule has 0 unspecified atom stereocenters. The van der Waals surface area contributed by atoms with E-state index in [-0.39, 0.29) is 0 Å². The number of hydrogen-bond donors (Lipinski definition) is 2. The van der Waals surface area contributed by atoms with Crippen LogP contribution in [0.5, 0.6) is 0 Å². The average Bonchev–Trinajstić information content (AvgIpc) is 3.31. The summed E-state index contributed by atoms with van der Waals surface area (Å²) in [6.07, 6.45) is 7.09. The van der Waals surface area contributed by atoms with Crippen molar-refractivity contribution in [1.82, 2.24) is 30.0 Å². The van der Waals surface area contributed by atoms with Crippen LogP contribution in [0.2, 0.25) is 0 Å². The Bertz CT molecular complexity index is 1130. The number of pyridine rings is 1. The van der Waals surface area contributed by atoms with Gasteiger partial charge in [0.25, 0.3) is 0 Å². The lowest BCUT2D eigenvalue weighted by molar-refractivity contribution is 0.313. The van der Waals surface area contributed by atoms with Crippen molar-refractivity contribution in [2.75, 3.05) is 43.4 Å². The van der Waals surface area contributed by atoms with Gasteiger partial charge in [-0.05, 0) is 49.5 Å². The van der Waals surface area contributed by atoms with E-state index in [4.69, 9.17) is 4.98 Å². The predicted octanol–water partition coefficient (Wildman–Crippen LogP) is 3.42. The summed E-state index contributed by atoms with van der Waals surface area (Å²) in [4.78, 5) is 18.1. The Balaban J connectivity index is 1.33. The van der Waals surface area contributed by atoms with Crippen molar-refractivity contribution in [2.45, 2.75) is 0 Å². The van der Waals surface area contributed by atoms with Crippen LogP contribution in [0.15, 0.2) is 67.3 Å². The summed E-state index contributed by atoms with van der Waals surface area (Å²) >= 11 is 0. The Morgan fingerprint density at radius 1 is 0.935 bits per heavy atom. The van der Waals surface area contributed by atoms with Crippen LogP contribution in [0.3, 0.4) is 0 Å². The first-order chi connectivity index (χ1) is 15.3. The van der Waals surface area contributed by atoms with Crippen LogP contribution in [-0.2, 0) is 0 Å². The molecule has 8 heteroatoms. The lowest BCUT2D eigenvalue weighted by Crippen LogP contribution is -2.44. The highest BCUT2D eigenvalue weighted by atomic mass is 15.2. The summed E-state index contributed by atoms with van der Waals surface area (Å²) in [7, 11) is 2.17. The Morgan fingerprint density at radius 3 is 2.55 bits per heavy atom. The fourth-order valence-corrected chi connectivity index (χ4v) is 3.73. The van der Waals surface area contributed by atoms with E-state index in [1.807, 2.05) is 18.2 Å². The second-order valence-corrected chi connectivity index (χ2v) is 7.63. The molecule has 1 aliphatic heterocycles. The smallest absolute Gasteiger partial charge is 0.227 e. The lowest BCUT2D eigenvalue weighted by atomic mass is 10.1. The molecule has 1 aliphatic rings. The van der Waals surface area contributed by atoms with Gasteiger partial charge < -0.3 is 15.1 Å². The Morgan fingerprint density at radius 2 is 1.77 bits per heavy atom. The van der Waals surface area contributed by atoms with Crippen LogP contribution in [0.25, 0.3) is 22.5 Å². The van der Waals surface area contributed by atoms with E-state index >= 15 is 0 Å². The molecule has 4 heterocycles. The van der Waals surface area contributed by atoms with Gasteiger partial charge in [0, 0.05) is 67.3 Å². The standard InChI is InChI=1S/C23H24N8/c1-30-11-13-31(14-12-30)19-6-4-18(5-7-19)27-23-25-10-8-21(28-23)20-16-26-29-22(20)17-3-2-9-24-15-17/h2-10,15-16H,11-14H2,1H3,(H,26,29)(H,25,27,28). The van der Waals surface area contributed by atoms with Crippen molar-refractivity contribution in [3.05, 3.63) is 67.3 Å². The molecule has 0 radical (unpaired) electrons. The van der Waals surface area contributed by atoms with E-state index < -0.39 is 0 Å². The fourth-order valence-electron chi connectivity index (χ4n) is 3.73. The quantitative estimate of drug-likeness (QED) is 0.519. The number of benzene rings is 1. The molecule has 0 amide bonds. The van der Waals surface area contributed by atoms with Gasteiger partial charge in [0.15, 0.2) is 0 Å². The minimum absolute atomic E-state index is 0.545. The second kappa shape index (κ2) is 8.53. The predicted molar refractivity (Wildman–Crippen MR) is 122 cm³/mol. The highest BCUT2D eigenvalue weighted by Gasteiger charge is 2.15. The molecule has 8 nitrogen and oxygen atoms in total. The zero-order chi connectivity index (χ0) is 21.0. The van der Waals surface area contributed by atoms with Crippen molar-refractivity contribution in [1.29, 1.82) is 0 Å². The normalized spacial score (nSPS) is 14.5. The van der Waals surface area contributed by atoms with Gasteiger partial charge in [0.05, 0.1) is 17.6 Å². The zero-order valence-corrected chi connectivity index (χ0v) is 17.4. The van der Waals surface area contributed by atoms with Gasteiger partial charge in [0.2, 0.25) is 5.95 Å². The van der Waals surface area contributed by atoms with E-state index in [0.29, 0.717) is 5.95 Å². The maximum atomic E-state index is 4.70. The number of H-pyrrole nitrogens is 1. The van der Waals surface area contributed by atoms with Gasteiger partial charge in [-0.15, -0.1) is 0 Å². The van der Waals surface area contributed by atoms with Crippen LogP contribution in [0.4, 0.5) is 17.3 Å². The third-order valence-corrected chi connectivity index (χ3v) is 5.51. The summed E-state index contributed by atoms with van der Waals surface area (Å²) in [5.74, 6) is 0.545. The monoisotopic (exact) mass is 412 g/mol. The summed E-state index contributed by atoms with van der Waals surface area (Å²) in [6, 6.07) is 14.2. The van der Waals surface area contributed by atoms with E-state index in [9.17, 15) is 0 Å². The number of piperazine rings is 1. The summed E-state index contributed by atoms with van der Waals surface area (Å²) in [5, 5.41) is 10.6. The molecule has 1 fully saturated rings. The maximum absolute atomic E-state index is 4.70. The van der Waals surface area contributed by atoms with Gasteiger partial charge in [-0.1, -0.05) is 0 Å².